The lowest BCUT2D eigenvalue weighted by Crippen LogP contribution is -2.53. The molecule has 1 aliphatic heterocycles. The van der Waals surface area contributed by atoms with Gasteiger partial charge >= 0.3 is 11.8 Å². The Bertz CT molecular complexity index is 948. The summed E-state index contributed by atoms with van der Waals surface area (Å²) in [4.78, 5) is 24.8. The molecule has 2 amide bonds. The molecule has 2 aromatic rings. The Morgan fingerprint density at radius 1 is 1.17 bits per heavy atom. The lowest BCUT2D eigenvalue weighted by atomic mass is 10.3. The van der Waals surface area contributed by atoms with Crippen LogP contribution in [0.3, 0.4) is 0 Å². The van der Waals surface area contributed by atoms with Crippen molar-refractivity contribution in [1.82, 2.24) is 14.9 Å². The Balaban J connectivity index is 1.60. The van der Waals surface area contributed by atoms with E-state index in [0.29, 0.717) is 13.0 Å². The summed E-state index contributed by atoms with van der Waals surface area (Å²) in [5.74, 6) is -2.24. The Labute approximate surface area is 171 Å². The minimum absolute atomic E-state index is 0.0746. The predicted molar refractivity (Wildman–Crippen MR) is 104 cm³/mol. The zero-order valence-electron chi connectivity index (χ0n) is 15.3. The number of hydrogen-bond acceptors (Lipinski definition) is 6. The minimum Gasteiger partial charge on any atom is -0.360 e. The molecule has 2 N–H and O–H groups in total. The third-order valence-corrected chi connectivity index (χ3v) is 7.00. The Morgan fingerprint density at radius 2 is 1.90 bits per heavy atom. The van der Waals surface area contributed by atoms with Gasteiger partial charge in [0.1, 0.15) is 12.0 Å². The van der Waals surface area contributed by atoms with Crippen molar-refractivity contribution in [3.63, 3.8) is 0 Å². The van der Waals surface area contributed by atoms with Crippen molar-refractivity contribution in [3.05, 3.63) is 52.5 Å². The monoisotopic (exact) mass is 441 g/mol. The van der Waals surface area contributed by atoms with E-state index in [1.807, 2.05) is 17.5 Å². The number of hydrogen-bond donors (Lipinski definition) is 2. The maximum Gasteiger partial charge on any atom is 0.309 e. The average Bonchev–Trinajstić information content (AvgIpc) is 3.24. The normalized spacial score (nSPS) is 17.6. The van der Waals surface area contributed by atoms with Crippen LogP contribution >= 0.6 is 11.3 Å². The van der Waals surface area contributed by atoms with E-state index in [1.165, 1.54) is 23.5 Å². The molecule has 1 aromatic carbocycles. The van der Waals surface area contributed by atoms with E-state index >= 15 is 0 Å². The van der Waals surface area contributed by atoms with E-state index in [-0.39, 0.29) is 24.5 Å². The SMILES string of the molecule is O=C(NCc1cccs1)C(=O)NC[C@@H]1OCCCN1S(=O)(=O)c1ccc(F)cc1. The van der Waals surface area contributed by atoms with Crippen LogP contribution in [0.25, 0.3) is 0 Å². The molecule has 1 fully saturated rings. The van der Waals surface area contributed by atoms with Gasteiger partial charge in [-0.05, 0) is 42.1 Å². The highest BCUT2D eigenvalue weighted by Gasteiger charge is 2.34. The standard InChI is InChI=1S/C18H20FN3O5S2/c19-13-4-6-15(7-5-13)29(25,26)22-8-2-9-27-16(22)12-21-18(24)17(23)20-11-14-3-1-10-28-14/h1,3-7,10,16H,2,8-9,11-12H2,(H,20,23)(H,21,24)/t16-/m0/s1. The van der Waals surface area contributed by atoms with Crippen molar-refractivity contribution < 1.29 is 27.1 Å². The van der Waals surface area contributed by atoms with Crippen LogP contribution in [0, 0.1) is 5.82 Å². The second kappa shape index (κ2) is 9.44. The first kappa shape index (κ1) is 21.4. The molecule has 3 rings (SSSR count). The molecule has 1 aromatic heterocycles. The number of carbonyl (C=O) groups is 2. The first-order chi connectivity index (χ1) is 13.9. The van der Waals surface area contributed by atoms with Crippen molar-refractivity contribution in [2.45, 2.75) is 24.1 Å². The van der Waals surface area contributed by atoms with Gasteiger partial charge in [0.2, 0.25) is 10.0 Å². The van der Waals surface area contributed by atoms with Gasteiger partial charge in [-0.2, -0.15) is 4.31 Å². The number of halogens is 1. The fraction of sp³-hybridized carbons (Fsp3) is 0.333. The number of rotatable bonds is 6. The summed E-state index contributed by atoms with van der Waals surface area (Å²) in [5.41, 5.74) is 0. The molecule has 1 saturated heterocycles. The van der Waals surface area contributed by atoms with Crippen LogP contribution in [0.5, 0.6) is 0 Å². The van der Waals surface area contributed by atoms with Crippen molar-refractivity contribution in [1.29, 1.82) is 0 Å². The van der Waals surface area contributed by atoms with Gasteiger partial charge in [-0.15, -0.1) is 11.3 Å². The number of nitrogens with one attached hydrogen (secondary N) is 2. The van der Waals surface area contributed by atoms with Gasteiger partial charge in [0.15, 0.2) is 0 Å². The van der Waals surface area contributed by atoms with Crippen LogP contribution in [0.1, 0.15) is 11.3 Å². The van der Waals surface area contributed by atoms with Crippen molar-refractivity contribution in [2.24, 2.45) is 0 Å². The van der Waals surface area contributed by atoms with Gasteiger partial charge in [0.25, 0.3) is 0 Å². The average molecular weight is 442 g/mol. The molecule has 2 heterocycles. The molecule has 0 unspecified atom stereocenters. The maximum absolute atomic E-state index is 13.1. The molecule has 8 nitrogen and oxygen atoms in total. The molecule has 29 heavy (non-hydrogen) atoms. The molecule has 11 heteroatoms. The van der Waals surface area contributed by atoms with Gasteiger partial charge in [0, 0.05) is 11.4 Å². The van der Waals surface area contributed by atoms with E-state index in [1.54, 1.807) is 0 Å². The Kier molecular flexibility index (Phi) is 6.96. The highest BCUT2D eigenvalue weighted by Crippen LogP contribution is 2.22. The third-order valence-electron chi connectivity index (χ3n) is 4.22. The minimum atomic E-state index is -3.94. The van der Waals surface area contributed by atoms with Crippen LogP contribution in [0.4, 0.5) is 4.39 Å². The van der Waals surface area contributed by atoms with E-state index in [9.17, 15) is 22.4 Å². The molecule has 0 radical (unpaired) electrons. The van der Waals surface area contributed by atoms with Gasteiger partial charge < -0.3 is 15.4 Å². The summed E-state index contributed by atoms with van der Waals surface area (Å²) in [6.45, 7) is 0.548. The zero-order valence-corrected chi connectivity index (χ0v) is 17.0. The largest absolute Gasteiger partial charge is 0.360 e. The van der Waals surface area contributed by atoms with Crippen LogP contribution in [-0.4, -0.2) is 50.5 Å². The first-order valence-corrected chi connectivity index (χ1v) is 11.2. The second-order valence-electron chi connectivity index (χ2n) is 6.22. The number of carbonyl (C=O) groups excluding carboxylic acids is 2. The van der Waals surface area contributed by atoms with Crippen LogP contribution < -0.4 is 10.6 Å². The highest BCUT2D eigenvalue weighted by atomic mass is 32.2. The number of benzene rings is 1. The zero-order chi connectivity index (χ0) is 20.9. The van der Waals surface area contributed by atoms with Crippen LogP contribution in [0.15, 0.2) is 46.7 Å². The van der Waals surface area contributed by atoms with Gasteiger partial charge in [-0.3, -0.25) is 9.59 Å². The summed E-state index contributed by atoms with van der Waals surface area (Å²) in [5, 5.41) is 6.76. The smallest absolute Gasteiger partial charge is 0.309 e. The number of ether oxygens (including phenoxy) is 1. The van der Waals surface area contributed by atoms with Crippen LogP contribution in [0.2, 0.25) is 0 Å². The molecule has 156 valence electrons. The summed E-state index contributed by atoms with van der Waals surface area (Å²) in [6, 6.07) is 8.14. The molecule has 0 spiro atoms. The molecule has 1 aliphatic rings. The number of thiophene rings is 1. The molecule has 1 atom stereocenters. The van der Waals surface area contributed by atoms with Crippen LogP contribution in [-0.2, 0) is 30.9 Å². The summed E-state index contributed by atoms with van der Waals surface area (Å²) >= 11 is 1.45. The molecule has 0 saturated carbocycles. The van der Waals surface area contributed by atoms with E-state index in [4.69, 9.17) is 4.74 Å². The van der Waals surface area contributed by atoms with Gasteiger partial charge in [0.05, 0.1) is 24.6 Å². The summed E-state index contributed by atoms with van der Waals surface area (Å²) in [7, 11) is -3.94. The highest BCUT2D eigenvalue weighted by molar-refractivity contribution is 7.89. The Morgan fingerprint density at radius 3 is 2.59 bits per heavy atom. The molecular weight excluding hydrogens is 421 g/mol. The number of sulfonamides is 1. The summed E-state index contributed by atoms with van der Waals surface area (Å²) < 4.78 is 45.4. The lowest BCUT2D eigenvalue weighted by molar-refractivity contribution is -0.140. The summed E-state index contributed by atoms with van der Waals surface area (Å²) in [6.07, 6.45) is -0.487. The topological polar surface area (TPSA) is 105 Å². The number of amides is 2. The van der Waals surface area contributed by atoms with Gasteiger partial charge in [-0.25, -0.2) is 12.8 Å². The van der Waals surface area contributed by atoms with Crippen molar-refractivity contribution in [3.8, 4) is 0 Å². The predicted octanol–water partition coefficient (Wildman–Crippen LogP) is 1.06. The Hall–Kier alpha value is -2.34. The fourth-order valence-corrected chi connectivity index (χ4v) is 4.98. The molecule has 0 bridgehead atoms. The van der Waals surface area contributed by atoms with Crippen molar-refractivity contribution in [2.75, 3.05) is 19.7 Å². The quantitative estimate of drug-likeness (QED) is 0.653. The number of nitrogens with zero attached hydrogens (tertiary/aromatic N) is 1. The lowest BCUT2D eigenvalue weighted by Gasteiger charge is -2.34. The van der Waals surface area contributed by atoms with E-state index < -0.39 is 33.9 Å². The third kappa shape index (κ3) is 5.38. The second-order valence-corrected chi connectivity index (χ2v) is 9.14. The van der Waals surface area contributed by atoms with E-state index in [0.717, 1.165) is 21.3 Å². The van der Waals surface area contributed by atoms with Gasteiger partial charge in [-0.1, -0.05) is 6.07 Å². The van der Waals surface area contributed by atoms with E-state index in [2.05, 4.69) is 10.6 Å². The molecular formula is C18H20FN3O5S2. The first-order valence-electron chi connectivity index (χ1n) is 8.85. The maximum atomic E-state index is 13.1. The molecule has 0 aliphatic carbocycles. The van der Waals surface area contributed by atoms with Crippen molar-refractivity contribution >= 4 is 33.2 Å². The fourth-order valence-electron chi connectivity index (χ4n) is 2.77.